The van der Waals surface area contributed by atoms with E-state index in [0.29, 0.717) is 12.3 Å². The van der Waals surface area contributed by atoms with Crippen molar-refractivity contribution in [1.82, 2.24) is 34.6 Å². The fourth-order valence-corrected chi connectivity index (χ4v) is 3.98. The third-order valence-electron chi connectivity index (χ3n) is 4.36. The first-order chi connectivity index (χ1) is 13.2. The molecule has 0 atom stereocenters. The third-order valence-corrected chi connectivity index (χ3v) is 5.67. The molecule has 27 heavy (non-hydrogen) atoms. The molecule has 0 amide bonds. The monoisotopic (exact) mass is 395 g/mol. The average molecular weight is 396 g/mol. The van der Waals surface area contributed by atoms with Gasteiger partial charge >= 0.3 is 0 Å². The van der Waals surface area contributed by atoms with Crippen LogP contribution in [-0.4, -0.2) is 34.6 Å². The number of rotatable bonds is 4. The van der Waals surface area contributed by atoms with Crippen molar-refractivity contribution in [2.45, 2.75) is 12.3 Å². The number of nitrogens with zero attached hydrogens (tertiary/aromatic N) is 7. The van der Waals surface area contributed by atoms with Gasteiger partial charge < -0.3 is 0 Å². The summed E-state index contributed by atoms with van der Waals surface area (Å²) in [5.41, 5.74) is 4.18. The van der Waals surface area contributed by atoms with Crippen LogP contribution in [0.2, 0.25) is 0 Å². The van der Waals surface area contributed by atoms with E-state index in [1.54, 1.807) is 9.20 Å². The Morgan fingerprint density at radius 3 is 2.85 bits per heavy atom. The van der Waals surface area contributed by atoms with Gasteiger partial charge in [-0.05, 0) is 23.8 Å². The van der Waals surface area contributed by atoms with Crippen molar-refractivity contribution in [3.63, 3.8) is 0 Å². The first-order valence-electron chi connectivity index (χ1n) is 8.33. The van der Waals surface area contributed by atoms with Crippen LogP contribution in [0.4, 0.5) is 0 Å². The smallest absolute Gasteiger partial charge is 0.234 e. The predicted molar refractivity (Wildman–Crippen MR) is 105 cm³/mol. The molecular weight excluding hydrogens is 382 g/mol. The highest BCUT2D eigenvalue weighted by Gasteiger charge is 2.12. The Morgan fingerprint density at radius 2 is 2.04 bits per heavy atom. The Hall–Kier alpha value is -2.84. The molecule has 7 nitrogen and oxygen atoms in total. The van der Waals surface area contributed by atoms with E-state index in [-0.39, 0.29) is 0 Å². The second-order valence-electron chi connectivity index (χ2n) is 6.27. The van der Waals surface area contributed by atoms with E-state index in [0.717, 1.165) is 43.4 Å². The van der Waals surface area contributed by atoms with Crippen LogP contribution in [0.1, 0.15) is 16.4 Å². The fraction of sp³-hybridized carbons (Fsp3) is 0.167. The summed E-state index contributed by atoms with van der Waals surface area (Å²) in [6, 6.07) is 8.37. The molecule has 5 rings (SSSR count). The fourth-order valence-electron chi connectivity index (χ4n) is 3.06. The highest BCUT2D eigenvalue weighted by Crippen LogP contribution is 2.24. The van der Waals surface area contributed by atoms with Gasteiger partial charge in [-0.15, -0.1) is 21.8 Å². The average Bonchev–Trinajstić information content (AvgIpc) is 3.38. The number of pyridine rings is 1. The van der Waals surface area contributed by atoms with Crippen molar-refractivity contribution < 1.29 is 0 Å². The maximum atomic E-state index is 5.87. The first-order valence-corrected chi connectivity index (χ1v) is 9.68. The SMILES string of the molecule is Cn1cc(-c2cnc3ccc(Cc4nnc5sc(CCl)nn45)cc3c2)cn1. The molecule has 5 aromatic rings. The number of alkyl halides is 1. The third kappa shape index (κ3) is 2.96. The van der Waals surface area contributed by atoms with E-state index in [4.69, 9.17) is 11.6 Å². The van der Waals surface area contributed by atoms with Crippen molar-refractivity contribution in [3.05, 3.63) is 59.3 Å². The lowest BCUT2D eigenvalue weighted by molar-refractivity contribution is 0.768. The summed E-state index contributed by atoms with van der Waals surface area (Å²) in [7, 11) is 1.91. The largest absolute Gasteiger partial charge is 0.275 e. The van der Waals surface area contributed by atoms with Gasteiger partial charge in [0.15, 0.2) is 5.82 Å². The van der Waals surface area contributed by atoms with Gasteiger partial charge in [-0.1, -0.05) is 17.4 Å². The summed E-state index contributed by atoms with van der Waals surface area (Å²) < 4.78 is 3.56. The van der Waals surface area contributed by atoms with E-state index in [1.165, 1.54) is 11.3 Å². The number of hydrogen-bond donors (Lipinski definition) is 0. The molecule has 4 aromatic heterocycles. The van der Waals surface area contributed by atoms with Crippen LogP contribution in [0.5, 0.6) is 0 Å². The lowest BCUT2D eigenvalue weighted by Crippen LogP contribution is -1.98. The summed E-state index contributed by atoms with van der Waals surface area (Å²) in [5.74, 6) is 1.18. The van der Waals surface area contributed by atoms with Crippen molar-refractivity contribution in [1.29, 1.82) is 0 Å². The zero-order chi connectivity index (χ0) is 18.4. The molecule has 0 radical (unpaired) electrons. The molecule has 0 aliphatic heterocycles. The molecule has 9 heteroatoms. The maximum Gasteiger partial charge on any atom is 0.234 e. The molecule has 0 bridgehead atoms. The molecule has 0 unspecified atom stereocenters. The second-order valence-corrected chi connectivity index (χ2v) is 7.58. The standard InChI is InChI=1S/C18H14ClN7S/c1-25-10-14(9-21-25)13-6-12-4-11(2-3-15(12)20-8-13)5-16-22-23-18-26(16)24-17(7-19)27-18/h2-4,6,8-10H,5,7H2,1H3. The van der Waals surface area contributed by atoms with Crippen molar-refractivity contribution in [3.8, 4) is 11.1 Å². The maximum absolute atomic E-state index is 5.87. The minimum Gasteiger partial charge on any atom is -0.275 e. The molecule has 0 saturated heterocycles. The molecule has 0 spiro atoms. The number of fused-ring (bicyclic) bond motifs is 2. The van der Waals surface area contributed by atoms with Crippen LogP contribution >= 0.6 is 22.9 Å². The van der Waals surface area contributed by atoms with Crippen molar-refractivity contribution >= 4 is 38.8 Å². The number of aryl methyl sites for hydroxylation is 1. The van der Waals surface area contributed by atoms with Gasteiger partial charge in [0.1, 0.15) is 5.01 Å². The van der Waals surface area contributed by atoms with Crippen LogP contribution in [0.3, 0.4) is 0 Å². The first kappa shape index (κ1) is 16.3. The lowest BCUT2D eigenvalue weighted by atomic mass is 10.0. The molecular formula is C18H14ClN7S. The van der Waals surface area contributed by atoms with Gasteiger partial charge in [-0.3, -0.25) is 9.67 Å². The predicted octanol–water partition coefficient (Wildman–Crippen LogP) is 3.46. The molecule has 0 N–H and O–H groups in total. The van der Waals surface area contributed by atoms with Crippen LogP contribution < -0.4 is 0 Å². The van der Waals surface area contributed by atoms with E-state index >= 15 is 0 Å². The number of hydrogen-bond acceptors (Lipinski definition) is 6. The lowest BCUT2D eigenvalue weighted by Gasteiger charge is -2.04. The summed E-state index contributed by atoms with van der Waals surface area (Å²) in [6.07, 6.45) is 6.34. The van der Waals surface area contributed by atoms with Gasteiger partial charge in [0.05, 0.1) is 17.6 Å². The topological polar surface area (TPSA) is 73.8 Å². The van der Waals surface area contributed by atoms with E-state index in [9.17, 15) is 0 Å². The Labute approximate surface area is 163 Å². The summed E-state index contributed by atoms with van der Waals surface area (Å²) >= 11 is 7.33. The Balaban J connectivity index is 1.51. The highest BCUT2D eigenvalue weighted by molar-refractivity contribution is 7.16. The molecule has 0 aliphatic rings. The molecule has 0 aliphatic carbocycles. The van der Waals surface area contributed by atoms with Gasteiger partial charge in [0.2, 0.25) is 4.96 Å². The Kier molecular flexibility index (Phi) is 3.87. The van der Waals surface area contributed by atoms with E-state index < -0.39 is 0 Å². The van der Waals surface area contributed by atoms with Crippen LogP contribution in [0.25, 0.3) is 27.0 Å². The van der Waals surface area contributed by atoms with Gasteiger partial charge in [0.25, 0.3) is 0 Å². The molecule has 4 heterocycles. The van der Waals surface area contributed by atoms with E-state index in [2.05, 4.69) is 43.6 Å². The Bertz CT molecular complexity index is 1270. The molecule has 0 fully saturated rings. The van der Waals surface area contributed by atoms with Crippen molar-refractivity contribution in [2.24, 2.45) is 7.05 Å². The van der Waals surface area contributed by atoms with Crippen LogP contribution in [0.15, 0.2) is 42.9 Å². The summed E-state index contributed by atoms with van der Waals surface area (Å²) in [6.45, 7) is 0. The quantitative estimate of drug-likeness (QED) is 0.436. The zero-order valence-corrected chi connectivity index (χ0v) is 15.9. The Morgan fingerprint density at radius 1 is 1.11 bits per heavy atom. The zero-order valence-electron chi connectivity index (χ0n) is 14.4. The molecule has 134 valence electrons. The number of halogens is 1. The highest BCUT2D eigenvalue weighted by atomic mass is 35.5. The normalized spacial score (nSPS) is 11.6. The number of aromatic nitrogens is 7. The van der Waals surface area contributed by atoms with Gasteiger partial charge in [-0.2, -0.15) is 14.7 Å². The summed E-state index contributed by atoms with van der Waals surface area (Å²) in [4.78, 5) is 5.34. The minimum absolute atomic E-state index is 0.381. The number of benzene rings is 1. The van der Waals surface area contributed by atoms with Gasteiger partial charge in [0, 0.05) is 42.4 Å². The molecule has 1 aromatic carbocycles. The van der Waals surface area contributed by atoms with E-state index in [1.807, 2.05) is 31.7 Å². The minimum atomic E-state index is 0.381. The molecule has 0 saturated carbocycles. The van der Waals surface area contributed by atoms with Crippen LogP contribution in [-0.2, 0) is 19.3 Å². The summed E-state index contributed by atoms with van der Waals surface area (Å²) in [5, 5.41) is 19.1. The van der Waals surface area contributed by atoms with Gasteiger partial charge in [-0.25, -0.2) is 0 Å². The second kappa shape index (κ2) is 6.40. The van der Waals surface area contributed by atoms with Crippen molar-refractivity contribution in [2.75, 3.05) is 0 Å². The van der Waals surface area contributed by atoms with Crippen LogP contribution in [0, 0.1) is 0 Å².